The van der Waals surface area contributed by atoms with E-state index in [0.717, 1.165) is 0 Å². The molecule has 0 bridgehead atoms. The molecule has 6 heteroatoms. The van der Waals surface area contributed by atoms with E-state index in [1.165, 1.54) is 21.3 Å². The monoisotopic (exact) mass is 315 g/mol. The average Bonchev–Trinajstić information content (AvgIpc) is 2.58. The van der Waals surface area contributed by atoms with Gasteiger partial charge in [0, 0.05) is 12.4 Å². The van der Waals surface area contributed by atoms with Crippen LogP contribution in [-0.4, -0.2) is 31.0 Å². The van der Waals surface area contributed by atoms with Crippen LogP contribution in [0.1, 0.15) is 0 Å². The molecule has 120 valence electrons. The third-order valence-electron chi connectivity index (χ3n) is 4.00. The van der Waals surface area contributed by atoms with Crippen LogP contribution in [0.25, 0.3) is 21.8 Å². The number of hydrogen-bond acceptors (Lipinski definition) is 5. The molecule has 0 fully saturated rings. The first-order valence-corrected chi connectivity index (χ1v) is 6.99. The summed E-state index contributed by atoms with van der Waals surface area (Å²) in [6.45, 7) is 0. The van der Waals surface area contributed by atoms with Gasteiger partial charge in [-0.05, 0) is 12.1 Å². The summed E-state index contributed by atoms with van der Waals surface area (Å²) in [5.41, 5.74) is 0.805. The predicted molar refractivity (Wildman–Crippen MR) is 88.0 cm³/mol. The lowest BCUT2D eigenvalue weighted by Gasteiger charge is -2.19. The number of phenols is 1. The van der Waals surface area contributed by atoms with Gasteiger partial charge in [0.2, 0.25) is 16.9 Å². The third kappa shape index (κ3) is 1.91. The molecule has 2 aromatic carbocycles. The number of aromatic hydroxyl groups is 1. The summed E-state index contributed by atoms with van der Waals surface area (Å²) in [5.74, 6) is 0.392. The summed E-state index contributed by atoms with van der Waals surface area (Å²) >= 11 is 0. The number of methoxy groups -OCH3 is 3. The fraction of sp³-hybridized carbons (Fsp3) is 0.235. The van der Waals surface area contributed by atoms with Crippen molar-refractivity contribution in [2.75, 3.05) is 21.3 Å². The first-order valence-electron chi connectivity index (χ1n) is 6.99. The average molecular weight is 315 g/mol. The molecule has 0 aliphatic carbocycles. The summed E-state index contributed by atoms with van der Waals surface area (Å²) in [4.78, 5) is 12.9. The molecule has 1 heterocycles. The van der Waals surface area contributed by atoms with Gasteiger partial charge in [0.25, 0.3) is 0 Å². The molecule has 0 amide bonds. The van der Waals surface area contributed by atoms with Gasteiger partial charge in [-0.25, -0.2) is 0 Å². The van der Waals surface area contributed by atoms with E-state index in [-0.39, 0.29) is 33.8 Å². The molecule has 0 radical (unpaired) electrons. The van der Waals surface area contributed by atoms with Crippen LogP contribution in [0.3, 0.4) is 0 Å². The molecular weight excluding hydrogens is 298 g/mol. The number of para-hydroxylation sites is 1. The largest absolute Gasteiger partial charge is 0.503 e. The Morgan fingerprint density at radius 2 is 1.57 bits per heavy atom. The van der Waals surface area contributed by atoms with Crippen LogP contribution in [-0.2, 0) is 7.05 Å². The molecule has 0 atom stereocenters. The number of aromatic nitrogens is 1. The lowest BCUT2D eigenvalue weighted by atomic mass is 10.1. The number of hydrogen-bond donors (Lipinski definition) is 1. The number of rotatable bonds is 3. The van der Waals surface area contributed by atoms with Crippen LogP contribution < -0.4 is 19.6 Å². The molecule has 1 N–H and O–H groups in total. The quantitative estimate of drug-likeness (QED) is 0.752. The van der Waals surface area contributed by atoms with Gasteiger partial charge in [-0.2, -0.15) is 0 Å². The lowest BCUT2D eigenvalue weighted by Crippen LogP contribution is -2.11. The molecule has 0 aliphatic heterocycles. The Hall–Kier alpha value is -2.89. The number of benzene rings is 2. The van der Waals surface area contributed by atoms with Crippen LogP contribution in [0.5, 0.6) is 23.0 Å². The van der Waals surface area contributed by atoms with Gasteiger partial charge in [-0.3, -0.25) is 4.79 Å². The maximum absolute atomic E-state index is 12.9. The van der Waals surface area contributed by atoms with Crippen molar-refractivity contribution in [3.05, 3.63) is 34.5 Å². The maximum Gasteiger partial charge on any atom is 0.209 e. The van der Waals surface area contributed by atoms with Gasteiger partial charge >= 0.3 is 0 Å². The van der Waals surface area contributed by atoms with E-state index in [1.54, 1.807) is 23.7 Å². The highest BCUT2D eigenvalue weighted by atomic mass is 16.5. The SMILES string of the molecule is COc1c(OC)c(O)c2c(c1OC)c(=O)c1ccccc1n2C. The summed E-state index contributed by atoms with van der Waals surface area (Å²) in [5, 5.41) is 11.4. The molecule has 23 heavy (non-hydrogen) atoms. The van der Waals surface area contributed by atoms with Crippen molar-refractivity contribution < 1.29 is 19.3 Å². The minimum atomic E-state index is -0.234. The van der Waals surface area contributed by atoms with Gasteiger partial charge in [0.15, 0.2) is 11.5 Å². The lowest BCUT2D eigenvalue weighted by molar-refractivity contribution is 0.314. The van der Waals surface area contributed by atoms with E-state index in [4.69, 9.17) is 14.2 Å². The van der Waals surface area contributed by atoms with Crippen molar-refractivity contribution in [3.8, 4) is 23.0 Å². The predicted octanol–water partition coefficient (Wildman–Crippen LogP) is 2.42. The van der Waals surface area contributed by atoms with E-state index in [0.29, 0.717) is 16.4 Å². The van der Waals surface area contributed by atoms with Crippen LogP contribution in [0.4, 0.5) is 0 Å². The standard InChI is InChI=1S/C17H17NO5/c1-18-10-8-6-5-7-9(10)13(19)11-12(18)14(20)16(22-3)17(23-4)15(11)21-2/h5-8,20H,1-4H3. The van der Waals surface area contributed by atoms with Gasteiger partial charge in [0.1, 0.15) is 5.52 Å². The first-order chi connectivity index (χ1) is 11.1. The van der Waals surface area contributed by atoms with Crippen LogP contribution >= 0.6 is 0 Å². The van der Waals surface area contributed by atoms with Gasteiger partial charge in [0.05, 0.1) is 32.2 Å². The molecule has 1 aromatic heterocycles. The Kier molecular flexibility index (Phi) is 3.52. The van der Waals surface area contributed by atoms with Crippen molar-refractivity contribution in [1.29, 1.82) is 0 Å². The second-order valence-electron chi connectivity index (χ2n) is 5.08. The number of nitrogens with zero attached hydrogens (tertiary/aromatic N) is 1. The molecule has 3 rings (SSSR count). The highest BCUT2D eigenvalue weighted by Crippen LogP contribution is 2.49. The number of aryl methyl sites for hydroxylation is 1. The van der Waals surface area contributed by atoms with Crippen molar-refractivity contribution in [3.63, 3.8) is 0 Å². The van der Waals surface area contributed by atoms with Crippen molar-refractivity contribution in [2.45, 2.75) is 0 Å². The van der Waals surface area contributed by atoms with Gasteiger partial charge in [-0.1, -0.05) is 12.1 Å². The molecule has 0 saturated carbocycles. The number of phenolic OH excluding ortho intramolecular Hbond substituents is 1. The molecule has 3 aromatic rings. The zero-order chi connectivity index (χ0) is 16.7. The minimum absolute atomic E-state index is 0.127. The highest BCUT2D eigenvalue weighted by molar-refractivity contribution is 6.02. The Balaban J connectivity index is 2.72. The van der Waals surface area contributed by atoms with E-state index >= 15 is 0 Å². The summed E-state index contributed by atoms with van der Waals surface area (Å²) in [6.07, 6.45) is 0. The van der Waals surface area contributed by atoms with Crippen LogP contribution in [0.2, 0.25) is 0 Å². The summed E-state index contributed by atoms with van der Waals surface area (Å²) in [7, 11) is 6.07. The topological polar surface area (TPSA) is 69.9 Å². The van der Waals surface area contributed by atoms with Gasteiger partial charge < -0.3 is 23.9 Å². The zero-order valence-electron chi connectivity index (χ0n) is 13.3. The van der Waals surface area contributed by atoms with E-state index in [1.807, 2.05) is 12.1 Å². The van der Waals surface area contributed by atoms with Crippen LogP contribution in [0.15, 0.2) is 29.1 Å². The molecule has 0 spiro atoms. The van der Waals surface area contributed by atoms with E-state index in [9.17, 15) is 9.90 Å². The third-order valence-corrected chi connectivity index (χ3v) is 4.00. The van der Waals surface area contributed by atoms with Gasteiger partial charge in [-0.15, -0.1) is 0 Å². The molecule has 0 unspecified atom stereocenters. The number of fused-ring (bicyclic) bond motifs is 2. The van der Waals surface area contributed by atoms with Crippen molar-refractivity contribution in [2.24, 2.45) is 7.05 Å². The molecule has 6 nitrogen and oxygen atoms in total. The molecule has 0 aliphatic rings. The Morgan fingerprint density at radius 1 is 0.957 bits per heavy atom. The van der Waals surface area contributed by atoms with E-state index in [2.05, 4.69) is 0 Å². The molecule has 0 saturated heterocycles. The normalized spacial score (nSPS) is 11.0. The zero-order valence-corrected chi connectivity index (χ0v) is 13.3. The Bertz CT molecular complexity index is 975. The fourth-order valence-corrected chi connectivity index (χ4v) is 2.98. The first kappa shape index (κ1) is 15.0. The number of ether oxygens (including phenoxy) is 3. The maximum atomic E-state index is 12.9. The summed E-state index contributed by atoms with van der Waals surface area (Å²) in [6, 6.07) is 7.19. The molecular formula is C17H17NO5. The Labute approximate surface area is 132 Å². The number of pyridine rings is 1. The van der Waals surface area contributed by atoms with Crippen molar-refractivity contribution >= 4 is 21.8 Å². The van der Waals surface area contributed by atoms with Crippen molar-refractivity contribution in [1.82, 2.24) is 4.57 Å². The second-order valence-corrected chi connectivity index (χ2v) is 5.08. The van der Waals surface area contributed by atoms with Crippen LogP contribution in [0, 0.1) is 0 Å². The highest BCUT2D eigenvalue weighted by Gasteiger charge is 2.26. The minimum Gasteiger partial charge on any atom is -0.503 e. The smallest absolute Gasteiger partial charge is 0.209 e. The second kappa shape index (κ2) is 5.39. The Morgan fingerprint density at radius 3 is 2.17 bits per heavy atom. The van der Waals surface area contributed by atoms with E-state index < -0.39 is 0 Å². The summed E-state index contributed by atoms with van der Waals surface area (Å²) < 4.78 is 17.7. The fourth-order valence-electron chi connectivity index (χ4n) is 2.98.